The molecule has 8 nitrogen and oxygen atoms in total. The number of hydrogen-bond donors (Lipinski definition) is 3. The first-order valence-electron chi connectivity index (χ1n) is 5.01. The first-order chi connectivity index (χ1) is 8.81. The topological polar surface area (TPSA) is 140 Å². The molecule has 1 rings (SSSR count). The van der Waals surface area contributed by atoms with Crippen molar-refractivity contribution < 1.29 is 19.5 Å². The van der Waals surface area contributed by atoms with Crippen molar-refractivity contribution in [3.63, 3.8) is 0 Å². The molecular formula is C10H11ClN4O4. The van der Waals surface area contributed by atoms with Gasteiger partial charge in [0.1, 0.15) is 5.82 Å². The number of halogens is 1. The number of pyridine rings is 1. The van der Waals surface area contributed by atoms with Gasteiger partial charge in [0, 0.05) is 6.20 Å². The van der Waals surface area contributed by atoms with Crippen LogP contribution >= 0.6 is 11.6 Å². The van der Waals surface area contributed by atoms with Gasteiger partial charge in [0.15, 0.2) is 0 Å². The Labute approximate surface area is 112 Å². The average Bonchev–Trinajstić information content (AvgIpc) is 2.27. The van der Waals surface area contributed by atoms with Crippen LogP contribution in [0.5, 0.6) is 0 Å². The van der Waals surface area contributed by atoms with E-state index in [1.54, 1.807) is 0 Å². The van der Waals surface area contributed by atoms with Gasteiger partial charge in [0.2, 0.25) is 11.8 Å². The molecule has 19 heavy (non-hydrogen) atoms. The maximum atomic E-state index is 10.9. The summed E-state index contributed by atoms with van der Waals surface area (Å²) < 4.78 is 0. The van der Waals surface area contributed by atoms with E-state index >= 15 is 0 Å². The Kier molecular flexibility index (Phi) is 4.65. The SMILES string of the molecule is NC(=O)CN(CC(N)=O)c1cc(C(=O)O)c(Cl)cn1. The van der Waals surface area contributed by atoms with Crippen LogP contribution in [0, 0.1) is 0 Å². The molecule has 2 amide bonds. The monoisotopic (exact) mass is 286 g/mol. The molecule has 9 heteroatoms. The van der Waals surface area contributed by atoms with Crippen molar-refractivity contribution in [3.8, 4) is 0 Å². The van der Waals surface area contributed by atoms with Gasteiger partial charge in [-0.05, 0) is 6.07 Å². The van der Waals surface area contributed by atoms with Crippen molar-refractivity contribution in [1.29, 1.82) is 0 Å². The van der Waals surface area contributed by atoms with Crippen molar-refractivity contribution in [1.82, 2.24) is 4.98 Å². The second-order valence-corrected chi connectivity index (χ2v) is 4.02. The first-order valence-corrected chi connectivity index (χ1v) is 5.39. The van der Waals surface area contributed by atoms with E-state index < -0.39 is 17.8 Å². The Balaban J connectivity index is 3.14. The average molecular weight is 287 g/mol. The van der Waals surface area contributed by atoms with Gasteiger partial charge in [-0.25, -0.2) is 9.78 Å². The zero-order chi connectivity index (χ0) is 14.6. The Morgan fingerprint density at radius 1 is 1.26 bits per heavy atom. The third kappa shape index (κ3) is 4.11. The molecule has 0 spiro atoms. The highest BCUT2D eigenvalue weighted by Crippen LogP contribution is 2.20. The van der Waals surface area contributed by atoms with E-state index in [1.807, 2.05) is 0 Å². The number of carbonyl (C=O) groups is 3. The van der Waals surface area contributed by atoms with Gasteiger partial charge in [0.25, 0.3) is 0 Å². The number of carboxylic acids is 1. The number of carboxylic acid groups (broad SMARTS) is 1. The lowest BCUT2D eigenvalue weighted by molar-refractivity contribution is -0.117. The van der Waals surface area contributed by atoms with Gasteiger partial charge in [-0.3, -0.25) is 9.59 Å². The van der Waals surface area contributed by atoms with E-state index in [4.69, 9.17) is 28.2 Å². The summed E-state index contributed by atoms with van der Waals surface area (Å²) in [5.41, 5.74) is 9.86. The molecule has 0 radical (unpaired) electrons. The van der Waals surface area contributed by atoms with Crippen LogP contribution < -0.4 is 16.4 Å². The molecular weight excluding hydrogens is 276 g/mol. The summed E-state index contributed by atoms with van der Waals surface area (Å²) in [5.74, 6) is -2.61. The van der Waals surface area contributed by atoms with Crippen LogP contribution in [-0.4, -0.2) is 41.0 Å². The fourth-order valence-electron chi connectivity index (χ4n) is 1.36. The van der Waals surface area contributed by atoms with E-state index in [0.717, 1.165) is 17.2 Å². The van der Waals surface area contributed by atoms with Crippen LogP contribution in [0.25, 0.3) is 0 Å². The van der Waals surface area contributed by atoms with E-state index in [0.29, 0.717) is 0 Å². The third-order valence-corrected chi connectivity index (χ3v) is 2.39. The maximum absolute atomic E-state index is 10.9. The van der Waals surface area contributed by atoms with Crippen LogP contribution in [0.4, 0.5) is 5.82 Å². The van der Waals surface area contributed by atoms with Gasteiger partial charge in [-0.1, -0.05) is 11.6 Å². The van der Waals surface area contributed by atoms with E-state index in [9.17, 15) is 14.4 Å². The highest BCUT2D eigenvalue weighted by atomic mass is 35.5. The minimum absolute atomic E-state index is 0.0608. The van der Waals surface area contributed by atoms with Gasteiger partial charge in [-0.2, -0.15) is 0 Å². The zero-order valence-electron chi connectivity index (χ0n) is 9.67. The molecule has 102 valence electrons. The number of primary amides is 2. The fraction of sp³-hybridized carbons (Fsp3) is 0.200. The molecule has 0 unspecified atom stereocenters. The smallest absolute Gasteiger partial charge is 0.337 e. The van der Waals surface area contributed by atoms with Gasteiger partial charge < -0.3 is 21.5 Å². The van der Waals surface area contributed by atoms with Crippen molar-refractivity contribution >= 4 is 35.2 Å². The molecule has 0 aliphatic carbocycles. The molecule has 0 aromatic carbocycles. The molecule has 0 saturated heterocycles. The molecule has 0 atom stereocenters. The number of aromatic nitrogens is 1. The van der Waals surface area contributed by atoms with Crippen molar-refractivity contribution in [2.24, 2.45) is 11.5 Å². The molecule has 1 aromatic heterocycles. The predicted molar refractivity (Wildman–Crippen MR) is 66.8 cm³/mol. The van der Waals surface area contributed by atoms with Crippen molar-refractivity contribution in [2.75, 3.05) is 18.0 Å². The standard InChI is InChI=1S/C10H11ClN4O4/c11-6-2-14-9(1-5(6)10(18)19)15(3-7(12)16)4-8(13)17/h1-2H,3-4H2,(H2,12,16)(H2,13,17)(H,18,19). The molecule has 0 aliphatic rings. The highest BCUT2D eigenvalue weighted by Gasteiger charge is 2.17. The first kappa shape index (κ1) is 14.7. The van der Waals surface area contributed by atoms with Gasteiger partial charge in [-0.15, -0.1) is 0 Å². The Hall–Kier alpha value is -2.35. The number of nitrogens with two attached hydrogens (primary N) is 2. The second-order valence-electron chi connectivity index (χ2n) is 3.62. The highest BCUT2D eigenvalue weighted by molar-refractivity contribution is 6.33. The minimum Gasteiger partial charge on any atom is -0.478 e. The number of aromatic carboxylic acids is 1. The number of nitrogens with zero attached hydrogens (tertiary/aromatic N) is 2. The number of hydrogen-bond acceptors (Lipinski definition) is 5. The molecule has 0 aliphatic heterocycles. The third-order valence-electron chi connectivity index (χ3n) is 2.09. The molecule has 0 bridgehead atoms. The largest absolute Gasteiger partial charge is 0.478 e. The molecule has 1 heterocycles. The van der Waals surface area contributed by atoms with Crippen LogP contribution in [0.15, 0.2) is 12.3 Å². The number of rotatable bonds is 6. The van der Waals surface area contributed by atoms with Gasteiger partial charge >= 0.3 is 5.97 Å². The van der Waals surface area contributed by atoms with E-state index in [-0.39, 0.29) is 29.5 Å². The van der Waals surface area contributed by atoms with Gasteiger partial charge in [0.05, 0.1) is 23.7 Å². The lowest BCUT2D eigenvalue weighted by Crippen LogP contribution is -2.40. The van der Waals surface area contributed by atoms with Crippen molar-refractivity contribution in [3.05, 3.63) is 22.8 Å². The molecule has 5 N–H and O–H groups in total. The lowest BCUT2D eigenvalue weighted by atomic mass is 10.2. The minimum atomic E-state index is -1.26. The second kappa shape index (κ2) is 6.01. The van der Waals surface area contributed by atoms with E-state index in [1.165, 1.54) is 0 Å². The Morgan fingerprint density at radius 3 is 2.21 bits per heavy atom. The summed E-state index contributed by atoms with van der Waals surface area (Å²) in [6.07, 6.45) is 1.11. The predicted octanol–water partition coefficient (Wildman–Crippen LogP) is -0.790. The molecule has 1 aromatic rings. The van der Waals surface area contributed by atoms with Crippen LogP contribution in [0.3, 0.4) is 0 Å². The zero-order valence-corrected chi connectivity index (χ0v) is 10.4. The maximum Gasteiger partial charge on any atom is 0.337 e. The number of carbonyl (C=O) groups excluding carboxylic acids is 2. The Morgan fingerprint density at radius 2 is 1.79 bits per heavy atom. The van der Waals surface area contributed by atoms with Crippen molar-refractivity contribution in [2.45, 2.75) is 0 Å². The van der Waals surface area contributed by atoms with E-state index in [2.05, 4.69) is 4.98 Å². The molecule has 0 fully saturated rings. The summed E-state index contributed by atoms with van der Waals surface area (Å²) in [7, 11) is 0. The quantitative estimate of drug-likeness (QED) is 0.626. The number of anilines is 1. The summed E-state index contributed by atoms with van der Waals surface area (Å²) >= 11 is 5.66. The summed E-state index contributed by atoms with van der Waals surface area (Å²) in [4.78, 5) is 37.7. The summed E-state index contributed by atoms with van der Waals surface area (Å²) in [6.45, 7) is -0.646. The normalized spacial score (nSPS) is 9.95. The summed E-state index contributed by atoms with van der Waals surface area (Å²) in [6, 6.07) is 1.14. The lowest BCUT2D eigenvalue weighted by Gasteiger charge is -2.20. The fourth-order valence-corrected chi connectivity index (χ4v) is 1.54. The van der Waals surface area contributed by atoms with Crippen LogP contribution in [0.2, 0.25) is 5.02 Å². The number of amides is 2. The summed E-state index contributed by atoms with van der Waals surface area (Å²) in [5, 5.41) is 8.86. The molecule has 0 saturated carbocycles. The Bertz CT molecular complexity index is 518. The van der Waals surface area contributed by atoms with Crippen LogP contribution in [-0.2, 0) is 9.59 Å². The van der Waals surface area contributed by atoms with Crippen LogP contribution in [0.1, 0.15) is 10.4 Å².